The highest BCUT2D eigenvalue weighted by atomic mass is 16.4. The molecule has 2 aromatic rings. The third-order valence-electron chi connectivity index (χ3n) is 2.66. The number of carboxylic acids is 1. The van der Waals surface area contributed by atoms with E-state index in [0.717, 1.165) is 0 Å². The Kier molecular flexibility index (Phi) is 2.74. The monoisotopic (exact) mass is 248 g/mol. The van der Waals surface area contributed by atoms with Crippen LogP contribution in [-0.4, -0.2) is 21.3 Å². The van der Waals surface area contributed by atoms with Crippen LogP contribution >= 0.6 is 0 Å². The summed E-state index contributed by atoms with van der Waals surface area (Å²) in [7, 11) is 0. The number of carboxylic acid groups (broad SMARTS) is 1. The molecule has 0 saturated carbocycles. The smallest absolute Gasteiger partial charge is 0.372 e. The second-order valence-electron chi connectivity index (χ2n) is 4.08. The molecule has 0 bridgehead atoms. The Morgan fingerprint density at radius 2 is 1.78 bits per heavy atom. The van der Waals surface area contributed by atoms with E-state index in [2.05, 4.69) is 0 Å². The van der Waals surface area contributed by atoms with Crippen molar-refractivity contribution in [3.8, 4) is 22.8 Å². The van der Waals surface area contributed by atoms with E-state index in [1.165, 1.54) is 12.1 Å². The van der Waals surface area contributed by atoms with E-state index < -0.39 is 5.97 Å². The van der Waals surface area contributed by atoms with Crippen LogP contribution in [0.15, 0.2) is 22.6 Å². The topological polar surface area (TPSA) is 90.9 Å². The fraction of sp³-hybridized carbons (Fsp3) is 0.154. The SMILES string of the molecule is Cc1cc(-c2c(C)cc(O)cc2O)oc1C(=O)O. The number of aromatic hydroxyl groups is 2. The average Bonchev–Trinajstić information content (AvgIpc) is 2.58. The Balaban J connectivity index is 2.63. The number of phenols is 2. The van der Waals surface area contributed by atoms with Gasteiger partial charge in [-0.1, -0.05) is 0 Å². The number of hydrogen-bond acceptors (Lipinski definition) is 4. The Morgan fingerprint density at radius 1 is 1.11 bits per heavy atom. The third-order valence-corrected chi connectivity index (χ3v) is 2.66. The van der Waals surface area contributed by atoms with Crippen LogP contribution in [0.4, 0.5) is 0 Å². The number of aromatic carboxylic acids is 1. The van der Waals surface area contributed by atoms with E-state index in [0.29, 0.717) is 16.7 Å². The Morgan fingerprint density at radius 3 is 2.28 bits per heavy atom. The number of phenolic OH excluding ortho intramolecular Hbond substituents is 2. The maximum atomic E-state index is 10.9. The molecular weight excluding hydrogens is 236 g/mol. The third kappa shape index (κ3) is 1.90. The van der Waals surface area contributed by atoms with Crippen LogP contribution in [0.1, 0.15) is 21.7 Å². The molecule has 0 spiro atoms. The van der Waals surface area contributed by atoms with Crippen molar-refractivity contribution in [2.24, 2.45) is 0 Å². The first-order valence-electron chi connectivity index (χ1n) is 5.27. The van der Waals surface area contributed by atoms with Crippen LogP contribution in [0, 0.1) is 13.8 Å². The number of furan rings is 1. The molecule has 0 aliphatic heterocycles. The summed E-state index contributed by atoms with van der Waals surface area (Å²) < 4.78 is 5.22. The number of rotatable bonds is 2. The molecule has 2 rings (SSSR count). The maximum Gasteiger partial charge on any atom is 0.372 e. The predicted molar refractivity (Wildman–Crippen MR) is 63.9 cm³/mol. The summed E-state index contributed by atoms with van der Waals surface area (Å²) in [6.45, 7) is 3.30. The summed E-state index contributed by atoms with van der Waals surface area (Å²) >= 11 is 0. The van der Waals surface area contributed by atoms with E-state index in [9.17, 15) is 15.0 Å². The van der Waals surface area contributed by atoms with Crippen LogP contribution in [0.2, 0.25) is 0 Å². The Hall–Kier alpha value is -2.43. The molecule has 1 heterocycles. The fourth-order valence-corrected chi connectivity index (χ4v) is 1.89. The normalized spacial score (nSPS) is 10.6. The van der Waals surface area contributed by atoms with E-state index in [4.69, 9.17) is 9.52 Å². The number of aryl methyl sites for hydroxylation is 2. The summed E-state index contributed by atoms with van der Waals surface area (Å²) in [5, 5.41) is 28.0. The average molecular weight is 248 g/mol. The van der Waals surface area contributed by atoms with Crippen molar-refractivity contribution in [2.45, 2.75) is 13.8 Å². The molecule has 0 aliphatic carbocycles. The molecular formula is C13H12O5. The van der Waals surface area contributed by atoms with Gasteiger partial charge in [-0.3, -0.25) is 0 Å². The lowest BCUT2D eigenvalue weighted by atomic mass is 10.0. The molecule has 3 N–H and O–H groups in total. The molecule has 0 amide bonds. The molecule has 0 unspecified atom stereocenters. The molecule has 94 valence electrons. The molecule has 5 nitrogen and oxygen atoms in total. The van der Waals surface area contributed by atoms with Crippen molar-refractivity contribution in [3.05, 3.63) is 35.1 Å². The quantitative estimate of drug-likeness (QED) is 0.760. The van der Waals surface area contributed by atoms with Gasteiger partial charge >= 0.3 is 5.97 Å². The van der Waals surface area contributed by atoms with Gasteiger partial charge in [-0.25, -0.2) is 4.79 Å². The molecule has 0 fully saturated rings. The minimum absolute atomic E-state index is 0.0597. The van der Waals surface area contributed by atoms with Crippen molar-refractivity contribution in [1.29, 1.82) is 0 Å². The minimum atomic E-state index is -1.16. The zero-order valence-corrected chi connectivity index (χ0v) is 9.89. The maximum absolute atomic E-state index is 10.9. The first kappa shape index (κ1) is 12.0. The lowest BCUT2D eigenvalue weighted by Gasteiger charge is -2.06. The predicted octanol–water partition coefficient (Wildman–Crippen LogP) is 2.67. The van der Waals surface area contributed by atoms with E-state index >= 15 is 0 Å². The second kappa shape index (κ2) is 4.10. The van der Waals surface area contributed by atoms with E-state index in [1.807, 2.05) is 0 Å². The van der Waals surface area contributed by atoms with Crippen molar-refractivity contribution < 1.29 is 24.5 Å². The molecule has 5 heteroatoms. The summed E-state index contributed by atoms with van der Waals surface area (Å²) in [5.74, 6) is -1.26. The van der Waals surface area contributed by atoms with E-state index in [-0.39, 0.29) is 23.0 Å². The number of hydrogen-bond donors (Lipinski definition) is 3. The summed E-state index contributed by atoms with van der Waals surface area (Å²) in [5.41, 5.74) is 1.45. The van der Waals surface area contributed by atoms with Crippen LogP contribution in [-0.2, 0) is 0 Å². The molecule has 1 aromatic heterocycles. The molecule has 18 heavy (non-hydrogen) atoms. The van der Waals surface area contributed by atoms with Crippen LogP contribution in [0.3, 0.4) is 0 Å². The first-order valence-corrected chi connectivity index (χ1v) is 5.27. The van der Waals surface area contributed by atoms with Gasteiger partial charge in [0.05, 0.1) is 5.56 Å². The first-order chi connectivity index (χ1) is 8.40. The van der Waals surface area contributed by atoms with Crippen LogP contribution < -0.4 is 0 Å². The van der Waals surface area contributed by atoms with Gasteiger partial charge in [-0.05, 0) is 31.5 Å². The van der Waals surface area contributed by atoms with Gasteiger partial charge in [0.2, 0.25) is 5.76 Å². The minimum Gasteiger partial charge on any atom is -0.508 e. The van der Waals surface area contributed by atoms with Crippen molar-refractivity contribution in [2.75, 3.05) is 0 Å². The number of benzene rings is 1. The van der Waals surface area contributed by atoms with Crippen molar-refractivity contribution >= 4 is 5.97 Å². The molecule has 0 aliphatic rings. The molecule has 0 saturated heterocycles. The van der Waals surface area contributed by atoms with Crippen LogP contribution in [0.5, 0.6) is 11.5 Å². The lowest BCUT2D eigenvalue weighted by Crippen LogP contribution is -1.94. The summed E-state index contributed by atoms with van der Waals surface area (Å²) in [6.07, 6.45) is 0. The highest BCUT2D eigenvalue weighted by Gasteiger charge is 2.19. The largest absolute Gasteiger partial charge is 0.508 e. The number of carbonyl (C=O) groups is 1. The van der Waals surface area contributed by atoms with Gasteiger partial charge in [0.25, 0.3) is 0 Å². The second-order valence-corrected chi connectivity index (χ2v) is 4.08. The molecule has 1 aromatic carbocycles. The van der Waals surface area contributed by atoms with E-state index in [1.54, 1.807) is 19.9 Å². The van der Waals surface area contributed by atoms with Crippen molar-refractivity contribution in [3.63, 3.8) is 0 Å². The zero-order chi connectivity index (χ0) is 13.4. The van der Waals surface area contributed by atoms with Gasteiger partial charge in [-0.15, -0.1) is 0 Å². The van der Waals surface area contributed by atoms with Gasteiger partial charge in [0.15, 0.2) is 0 Å². The Bertz CT molecular complexity index is 601. The lowest BCUT2D eigenvalue weighted by molar-refractivity contribution is 0.0662. The van der Waals surface area contributed by atoms with Gasteiger partial charge < -0.3 is 19.7 Å². The van der Waals surface area contributed by atoms with Crippen LogP contribution in [0.25, 0.3) is 11.3 Å². The van der Waals surface area contributed by atoms with Gasteiger partial charge in [0, 0.05) is 11.6 Å². The van der Waals surface area contributed by atoms with Gasteiger partial charge in [0.1, 0.15) is 17.3 Å². The summed E-state index contributed by atoms with van der Waals surface area (Å²) in [6, 6.07) is 4.19. The highest BCUT2D eigenvalue weighted by molar-refractivity contribution is 5.87. The fourth-order valence-electron chi connectivity index (χ4n) is 1.89. The highest BCUT2D eigenvalue weighted by Crippen LogP contribution is 2.37. The Labute approximate surface area is 103 Å². The van der Waals surface area contributed by atoms with Crippen molar-refractivity contribution in [1.82, 2.24) is 0 Å². The van der Waals surface area contributed by atoms with Gasteiger partial charge in [-0.2, -0.15) is 0 Å². The standard InChI is InChI=1S/C13H12O5/c1-6-3-8(14)5-9(15)11(6)10-4-7(2)12(18-10)13(16)17/h3-5,14-15H,1-2H3,(H,16,17). The molecule has 0 radical (unpaired) electrons. The molecule has 0 atom stereocenters. The zero-order valence-electron chi connectivity index (χ0n) is 9.89. The summed E-state index contributed by atoms with van der Waals surface area (Å²) in [4.78, 5) is 10.9.